The Labute approximate surface area is 116 Å². The standard InChI is InChI=1S/C15H16FNOS/c1-19-14-7-5-13(6-8-14)18-10-12-4-2-3-11(9-17)15(12)16/h2-8H,9-10,17H2,1H3. The second-order valence-electron chi connectivity index (χ2n) is 4.06. The lowest BCUT2D eigenvalue weighted by molar-refractivity contribution is 0.299. The normalized spacial score (nSPS) is 10.5. The molecule has 0 atom stereocenters. The first-order chi connectivity index (χ1) is 9.24. The van der Waals surface area contributed by atoms with Crippen molar-refractivity contribution in [1.29, 1.82) is 0 Å². The van der Waals surface area contributed by atoms with Gasteiger partial charge in [0.05, 0.1) is 0 Å². The van der Waals surface area contributed by atoms with Gasteiger partial charge in [-0.2, -0.15) is 0 Å². The van der Waals surface area contributed by atoms with Crippen molar-refractivity contribution < 1.29 is 9.13 Å². The lowest BCUT2D eigenvalue weighted by Crippen LogP contribution is -2.05. The predicted octanol–water partition coefficient (Wildman–Crippen LogP) is 3.59. The van der Waals surface area contributed by atoms with Crippen LogP contribution in [0.1, 0.15) is 11.1 Å². The minimum absolute atomic E-state index is 0.197. The van der Waals surface area contributed by atoms with Crippen molar-refractivity contribution in [3.63, 3.8) is 0 Å². The largest absolute Gasteiger partial charge is 0.489 e. The summed E-state index contributed by atoms with van der Waals surface area (Å²) < 4.78 is 19.5. The van der Waals surface area contributed by atoms with Crippen LogP contribution in [-0.4, -0.2) is 6.26 Å². The van der Waals surface area contributed by atoms with Crippen molar-refractivity contribution in [1.82, 2.24) is 0 Å². The minimum atomic E-state index is -0.272. The molecule has 0 bridgehead atoms. The molecule has 4 heteroatoms. The molecule has 0 saturated heterocycles. The molecule has 0 saturated carbocycles. The van der Waals surface area contributed by atoms with Gasteiger partial charge in [-0.3, -0.25) is 0 Å². The van der Waals surface area contributed by atoms with Crippen LogP contribution in [0.15, 0.2) is 47.4 Å². The number of hydrogen-bond donors (Lipinski definition) is 1. The Hall–Kier alpha value is -1.52. The monoisotopic (exact) mass is 277 g/mol. The molecule has 2 nitrogen and oxygen atoms in total. The van der Waals surface area contributed by atoms with Crippen LogP contribution in [0.25, 0.3) is 0 Å². The minimum Gasteiger partial charge on any atom is -0.489 e. The highest BCUT2D eigenvalue weighted by Crippen LogP contribution is 2.20. The molecule has 0 fully saturated rings. The molecular weight excluding hydrogens is 261 g/mol. The van der Waals surface area contributed by atoms with E-state index < -0.39 is 0 Å². The van der Waals surface area contributed by atoms with E-state index in [0.29, 0.717) is 11.1 Å². The number of ether oxygens (including phenoxy) is 1. The van der Waals surface area contributed by atoms with Gasteiger partial charge in [0.15, 0.2) is 0 Å². The fourth-order valence-electron chi connectivity index (χ4n) is 1.74. The third-order valence-corrected chi connectivity index (χ3v) is 3.58. The van der Waals surface area contributed by atoms with Gasteiger partial charge in [-0.15, -0.1) is 11.8 Å². The van der Waals surface area contributed by atoms with Crippen molar-refractivity contribution in [2.45, 2.75) is 18.0 Å². The summed E-state index contributed by atoms with van der Waals surface area (Å²) in [5.41, 5.74) is 6.51. The Kier molecular flexibility index (Phi) is 4.82. The first-order valence-electron chi connectivity index (χ1n) is 5.97. The Morgan fingerprint density at radius 2 is 1.79 bits per heavy atom. The van der Waals surface area contributed by atoms with Gasteiger partial charge in [0.2, 0.25) is 0 Å². The van der Waals surface area contributed by atoms with Gasteiger partial charge in [0, 0.05) is 22.6 Å². The van der Waals surface area contributed by atoms with Gasteiger partial charge >= 0.3 is 0 Å². The zero-order valence-electron chi connectivity index (χ0n) is 10.7. The van der Waals surface area contributed by atoms with Crippen LogP contribution < -0.4 is 10.5 Å². The molecule has 2 N–H and O–H groups in total. The van der Waals surface area contributed by atoms with Gasteiger partial charge < -0.3 is 10.5 Å². The predicted molar refractivity (Wildman–Crippen MR) is 76.8 cm³/mol. The highest BCUT2D eigenvalue weighted by atomic mass is 32.2. The molecule has 0 aliphatic heterocycles. The van der Waals surface area contributed by atoms with Gasteiger partial charge in [0.1, 0.15) is 18.2 Å². The molecule has 2 aromatic carbocycles. The number of nitrogens with two attached hydrogens (primary N) is 1. The summed E-state index contributed by atoms with van der Waals surface area (Å²) in [4.78, 5) is 1.17. The van der Waals surface area contributed by atoms with Crippen molar-refractivity contribution in [3.05, 3.63) is 59.4 Å². The van der Waals surface area contributed by atoms with E-state index >= 15 is 0 Å². The van der Waals surface area contributed by atoms with Gasteiger partial charge in [-0.05, 0) is 30.5 Å². The molecule has 0 radical (unpaired) electrons. The lowest BCUT2D eigenvalue weighted by Gasteiger charge is -2.09. The Morgan fingerprint density at radius 3 is 2.42 bits per heavy atom. The molecule has 0 aromatic heterocycles. The zero-order valence-corrected chi connectivity index (χ0v) is 11.5. The third-order valence-electron chi connectivity index (χ3n) is 2.83. The Balaban J connectivity index is 2.05. The first kappa shape index (κ1) is 13.9. The fourth-order valence-corrected chi connectivity index (χ4v) is 2.14. The Morgan fingerprint density at radius 1 is 1.11 bits per heavy atom. The average molecular weight is 277 g/mol. The number of thioether (sulfide) groups is 1. The highest BCUT2D eigenvalue weighted by molar-refractivity contribution is 7.98. The summed E-state index contributed by atoms with van der Waals surface area (Å²) in [5.74, 6) is 0.459. The summed E-state index contributed by atoms with van der Waals surface area (Å²) in [6, 6.07) is 12.9. The van der Waals surface area contributed by atoms with Crippen molar-refractivity contribution in [2.24, 2.45) is 5.73 Å². The summed E-state index contributed by atoms with van der Waals surface area (Å²) in [6.07, 6.45) is 2.02. The van der Waals surface area contributed by atoms with E-state index in [9.17, 15) is 4.39 Å². The maximum absolute atomic E-state index is 13.9. The summed E-state index contributed by atoms with van der Waals surface area (Å²) >= 11 is 1.67. The second kappa shape index (κ2) is 6.59. The van der Waals surface area contributed by atoms with Crippen LogP contribution in [-0.2, 0) is 13.2 Å². The zero-order chi connectivity index (χ0) is 13.7. The molecule has 0 unspecified atom stereocenters. The van der Waals surface area contributed by atoms with Crippen molar-refractivity contribution in [3.8, 4) is 5.75 Å². The topological polar surface area (TPSA) is 35.2 Å². The third kappa shape index (κ3) is 3.49. The molecule has 0 aliphatic carbocycles. The summed E-state index contributed by atoms with van der Waals surface area (Å²) in [6.45, 7) is 0.403. The van der Waals surface area contributed by atoms with E-state index in [1.165, 1.54) is 4.90 Å². The van der Waals surface area contributed by atoms with E-state index in [-0.39, 0.29) is 19.0 Å². The van der Waals surface area contributed by atoms with Crippen molar-refractivity contribution >= 4 is 11.8 Å². The van der Waals surface area contributed by atoms with Gasteiger partial charge in [0.25, 0.3) is 0 Å². The molecule has 100 valence electrons. The molecule has 19 heavy (non-hydrogen) atoms. The van der Waals surface area contributed by atoms with Gasteiger partial charge in [-0.25, -0.2) is 4.39 Å². The van der Waals surface area contributed by atoms with Crippen LogP contribution in [0, 0.1) is 5.82 Å². The van der Waals surface area contributed by atoms with E-state index in [1.54, 1.807) is 30.0 Å². The fraction of sp³-hybridized carbons (Fsp3) is 0.200. The number of halogens is 1. The van der Waals surface area contributed by atoms with E-state index in [0.717, 1.165) is 5.75 Å². The van der Waals surface area contributed by atoms with E-state index in [2.05, 4.69) is 0 Å². The smallest absolute Gasteiger partial charge is 0.134 e. The number of benzene rings is 2. The highest BCUT2D eigenvalue weighted by Gasteiger charge is 2.07. The summed E-state index contributed by atoms with van der Waals surface area (Å²) in [7, 11) is 0. The average Bonchev–Trinajstić information content (AvgIpc) is 2.47. The molecule has 0 heterocycles. The quantitative estimate of drug-likeness (QED) is 0.848. The van der Waals surface area contributed by atoms with Crippen LogP contribution >= 0.6 is 11.8 Å². The maximum atomic E-state index is 13.9. The molecule has 0 amide bonds. The Bertz CT molecular complexity index is 542. The first-order valence-corrected chi connectivity index (χ1v) is 7.20. The van der Waals surface area contributed by atoms with E-state index in [1.807, 2.05) is 30.5 Å². The van der Waals surface area contributed by atoms with Crippen molar-refractivity contribution in [2.75, 3.05) is 6.26 Å². The van der Waals surface area contributed by atoms with Crippen LogP contribution in [0.2, 0.25) is 0 Å². The second-order valence-corrected chi connectivity index (χ2v) is 4.94. The number of hydrogen-bond acceptors (Lipinski definition) is 3. The van der Waals surface area contributed by atoms with Gasteiger partial charge in [-0.1, -0.05) is 18.2 Å². The van der Waals surface area contributed by atoms with Crippen LogP contribution in [0.3, 0.4) is 0 Å². The van der Waals surface area contributed by atoms with E-state index in [4.69, 9.17) is 10.5 Å². The lowest BCUT2D eigenvalue weighted by atomic mass is 10.1. The molecule has 0 spiro atoms. The maximum Gasteiger partial charge on any atom is 0.134 e. The molecule has 0 aliphatic rings. The molecule has 2 rings (SSSR count). The molecular formula is C15H16FNOS. The summed E-state index contributed by atoms with van der Waals surface area (Å²) in [5, 5.41) is 0. The molecule has 2 aromatic rings. The van der Waals surface area contributed by atoms with Crippen LogP contribution in [0.4, 0.5) is 4.39 Å². The number of rotatable bonds is 5. The van der Waals surface area contributed by atoms with Crippen LogP contribution in [0.5, 0.6) is 5.75 Å². The SMILES string of the molecule is CSc1ccc(OCc2cccc(CN)c2F)cc1.